The predicted molar refractivity (Wildman–Crippen MR) is 45.2 cm³/mol. The molecule has 0 aliphatic heterocycles. The zero-order chi connectivity index (χ0) is 7.66. The van der Waals surface area contributed by atoms with Crippen LogP contribution in [0.5, 0.6) is 0 Å². The number of ether oxygens (including phenoxy) is 1. The van der Waals surface area contributed by atoms with Crippen molar-refractivity contribution >= 4 is 0 Å². The zero-order valence-electron chi connectivity index (χ0n) is 6.94. The molecule has 1 heteroatoms. The van der Waals surface area contributed by atoms with Crippen molar-refractivity contribution in [3.63, 3.8) is 0 Å². The highest BCUT2D eigenvalue weighted by atomic mass is 16.5. The van der Waals surface area contributed by atoms with E-state index in [4.69, 9.17) is 4.74 Å². The maximum Gasteiger partial charge on any atom is 0.0644 e. The molecule has 0 N–H and O–H groups in total. The molecule has 10 heavy (non-hydrogen) atoms. The summed E-state index contributed by atoms with van der Waals surface area (Å²) in [4.78, 5) is 0. The number of hydrogen-bond acceptors (Lipinski definition) is 1. The molecule has 0 aliphatic carbocycles. The summed E-state index contributed by atoms with van der Waals surface area (Å²) in [5.41, 5.74) is 0. The first-order valence-corrected chi connectivity index (χ1v) is 4.10. The van der Waals surface area contributed by atoms with Crippen LogP contribution in [0.1, 0.15) is 32.6 Å². The molecule has 0 spiro atoms. The van der Waals surface area contributed by atoms with Crippen molar-refractivity contribution in [3.8, 4) is 0 Å². The molecule has 0 heterocycles. The highest BCUT2D eigenvalue weighted by Gasteiger charge is 1.85. The minimum absolute atomic E-state index is 0.701. The van der Waals surface area contributed by atoms with Gasteiger partial charge in [-0.1, -0.05) is 32.3 Å². The van der Waals surface area contributed by atoms with E-state index in [9.17, 15) is 0 Å². The summed E-state index contributed by atoms with van der Waals surface area (Å²) in [6, 6.07) is 0. The van der Waals surface area contributed by atoms with E-state index in [-0.39, 0.29) is 0 Å². The van der Waals surface area contributed by atoms with Gasteiger partial charge >= 0.3 is 0 Å². The Morgan fingerprint density at radius 1 is 1.30 bits per heavy atom. The van der Waals surface area contributed by atoms with E-state index in [0.717, 1.165) is 6.61 Å². The Bertz CT molecular complexity index is 69.1. The fourth-order valence-corrected chi connectivity index (χ4v) is 0.798. The fraction of sp³-hybridized carbons (Fsp3) is 0.778. The first-order valence-electron chi connectivity index (χ1n) is 4.10. The van der Waals surface area contributed by atoms with E-state index >= 15 is 0 Å². The first-order chi connectivity index (χ1) is 4.91. The molecule has 0 aromatic heterocycles. The quantitative estimate of drug-likeness (QED) is 0.392. The summed E-state index contributed by atoms with van der Waals surface area (Å²) < 4.78 is 5.21. The number of unbranched alkanes of at least 4 members (excludes halogenated alkanes) is 3. The zero-order valence-corrected chi connectivity index (χ0v) is 6.94. The van der Waals surface area contributed by atoms with Gasteiger partial charge in [-0.05, 0) is 6.42 Å². The minimum atomic E-state index is 0.701. The van der Waals surface area contributed by atoms with Gasteiger partial charge in [0.2, 0.25) is 0 Å². The third kappa shape index (κ3) is 7.70. The fourth-order valence-electron chi connectivity index (χ4n) is 0.798. The Labute approximate surface area is 64.1 Å². The van der Waals surface area contributed by atoms with Gasteiger partial charge in [-0.3, -0.25) is 0 Å². The lowest BCUT2D eigenvalue weighted by Gasteiger charge is -1.99. The van der Waals surface area contributed by atoms with Crippen molar-refractivity contribution in [2.24, 2.45) is 0 Å². The lowest BCUT2D eigenvalue weighted by molar-refractivity contribution is 0.157. The maximum atomic E-state index is 5.21. The van der Waals surface area contributed by atoms with E-state index in [1.54, 1.807) is 6.08 Å². The number of hydrogen-bond donors (Lipinski definition) is 0. The van der Waals surface area contributed by atoms with Crippen LogP contribution in [0.3, 0.4) is 0 Å². The summed E-state index contributed by atoms with van der Waals surface area (Å²) in [6.07, 6.45) is 6.91. The molecule has 0 amide bonds. The summed E-state index contributed by atoms with van der Waals surface area (Å²) in [7, 11) is 0. The van der Waals surface area contributed by atoms with Gasteiger partial charge in [-0.2, -0.15) is 0 Å². The van der Waals surface area contributed by atoms with Crippen LogP contribution in [0.4, 0.5) is 0 Å². The van der Waals surface area contributed by atoms with Gasteiger partial charge < -0.3 is 4.74 Å². The largest absolute Gasteiger partial charge is 0.377 e. The van der Waals surface area contributed by atoms with Crippen molar-refractivity contribution in [2.75, 3.05) is 13.2 Å². The smallest absolute Gasteiger partial charge is 0.0644 e. The van der Waals surface area contributed by atoms with Crippen molar-refractivity contribution in [1.82, 2.24) is 0 Å². The van der Waals surface area contributed by atoms with Crippen molar-refractivity contribution in [2.45, 2.75) is 32.6 Å². The van der Waals surface area contributed by atoms with Crippen LogP contribution in [0.25, 0.3) is 0 Å². The van der Waals surface area contributed by atoms with Crippen molar-refractivity contribution in [1.29, 1.82) is 0 Å². The molecule has 0 aromatic carbocycles. The van der Waals surface area contributed by atoms with Gasteiger partial charge in [0, 0.05) is 6.61 Å². The van der Waals surface area contributed by atoms with Crippen LogP contribution in [0, 0.1) is 0 Å². The van der Waals surface area contributed by atoms with Gasteiger partial charge in [0.1, 0.15) is 0 Å². The molecule has 0 aromatic rings. The van der Waals surface area contributed by atoms with Crippen LogP contribution in [0.15, 0.2) is 12.7 Å². The van der Waals surface area contributed by atoms with E-state index in [1.165, 1.54) is 25.7 Å². The molecule has 60 valence electrons. The van der Waals surface area contributed by atoms with Gasteiger partial charge in [0.05, 0.1) is 6.61 Å². The van der Waals surface area contributed by atoms with Crippen LogP contribution >= 0.6 is 0 Å². The van der Waals surface area contributed by atoms with Gasteiger partial charge in [-0.25, -0.2) is 0 Å². The SMILES string of the molecule is C=CCOCCCCCC. The Morgan fingerprint density at radius 3 is 2.70 bits per heavy atom. The van der Waals surface area contributed by atoms with E-state index < -0.39 is 0 Å². The van der Waals surface area contributed by atoms with E-state index in [1.807, 2.05) is 0 Å². The second-order valence-corrected chi connectivity index (χ2v) is 2.42. The average Bonchev–Trinajstić information content (AvgIpc) is 1.97. The normalized spacial score (nSPS) is 9.70. The van der Waals surface area contributed by atoms with Crippen LogP contribution in [0.2, 0.25) is 0 Å². The Kier molecular flexibility index (Phi) is 8.44. The van der Waals surface area contributed by atoms with Crippen molar-refractivity contribution < 1.29 is 4.74 Å². The first kappa shape index (κ1) is 9.70. The molecule has 0 aliphatic rings. The molecule has 0 saturated carbocycles. The minimum Gasteiger partial charge on any atom is -0.377 e. The van der Waals surface area contributed by atoms with E-state index in [2.05, 4.69) is 13.5 Å². The predicted octanol–water partition coefficient (Wildman–Crippen LogP) is 2.77. The lowest BCUT2D eigenvalue weighted by atomic mass is 10.2. The summed E-state index contributed by atoms with van der Waals surface area (Å²) >= 11 is 0. The molecule has 0 radical (unpaired) electrons. The molecule has 1 nitrogen and oxygen atoms in total. The average molecular weight is 142 g/mol. The molecule has 0 rings (SSSR count). The molecule has 0 unspecified atom stereocenters. The molecule has 0 atom stereocenters. The molecule has 0 bridgehead atoms. The highest BCUT2D eigenvalue weighted by Crippen LogP contribution is 1.98. The second kappa shape index (κ2) is 8.70. The molecular weight excluding hydrogens is 124 g/mol. The van der Waals surface area contributed by atoms with Crippen LogP contribution in [-0.2, 0) is 4.74 Å². The number of rotatable bonds is 7. The Morgan fingerprint density at radius 2 is 2.10 bits per heavy atom. The molecular formula is C9H18O. The third-order valence-corrected chi connectivity index (χ3v) is 1.38. The topological polar surface area (TPSA) is 9.23 Å². The van der Waals surface area contributed by atoms with E-state index in [0.29, 0.717) is 6.61 Å². The summed E-state index contributed by atoms with van der Waals surface area (Å²) in [5.74, 6) is 0. The summed E-state index contributed by atoms with van der Waals surface area (Å²) in [5, 5.41) is 0. The van der Waals surface area contributed by atoms with Gasteiger partial charge in [0.15, 0.2) is 0 Å². The standard InChI is InChI=1S/C9H18O/c1-3-5-6-7-9-10-8-4-2/h4H,2-3,5-9H2,1H3. The summed E-state index contributed by atoms with van der Waals surface area (Å²) in [6.45, 7) is 7.38. The van der Waals surface area contributed by atoms with Gasteiger partial charge in [0.25, 0.3) is 0 Å². The maximum absolute atomic E-state index is 5.21. The van der Waals surface area contributed by atoms with Crippen LogP contribution < -0.4 is 0 Å². The lowest BCUT2D eigenvalue weighted by Crippen LogP contribution is -1.93. The van der Waals surface area contributed by atoms with Gasteiger partial charge in [-0.15, -0.1) is 6.58 Å². The molecule has 0 saturated heterocycles. The van der Waals surface area contributed by atoms with Crippen LogP contribution in [-0.4, -0.2) is 13.2 Å². The Balaban J connectivity index is 2.70. The van der Waals surface area contributed by atoms with Crippen molar-refractivity contribution in [3.05, 3.63) is 12.7 Å². The highest BCUT2D eigenvalue weighted by molar-refractivity contribution is 4.63. The Hall–Kier alpha value is -0.300. The second-order valence-electron chi connectivity index (χ2n) is 2.42. The third-order valence-electron chi connectivity index (χ3n) is 1.38. The monoisotopic (exact) mass is 142 g/mol. The molecule has 0 fully saturated rings.